The second-order valence-electron chi connectivity index (χ2n) is 8.95. The molecule has 1 amide bonds. The SMILES string of the molecule is CC(Sc1ncc(-c2ccccc2)n1CC1CCCO1)C(=O)N1CCN(c2ccccc2)CC1. The Balaban J connectivity index is 1.27. The van der Waals surface area contributed by atoms with Crippen molar-refractivity contribution in [2.24, 2.45) is 0 Å². The Morgan fingerprint density at radius 1 is 1.06 bits per heavy atom. The predicted octanol–water partition coefficient (Wildman–Crippen LogP) is 4.56. The summed E-state index contributed by atoms with van der Waals surface area (Å²) in [7, 11) is 0. The van der Waals surface area contributed by atoms with Gasteiger partial charge in [0.2, 0.25) is 5.91 Å². The van der Waals surface area contributed by atoms with Gasteiger partial charge in [0.1, 0.15) is 0 Å². The standard InChI is InChI=1S/C27H32N4O2S/c1-21(26(32)30-16-14-29(15-17-30)23-11-6-3-7-12-23)34-27-28-19-25(22-9-4-2-5-10-22)31(27)20-24-13-8-18-33-24/h2-7,9-12,19,21,24H,8,13-18,20H2,1H3. The number of rotatable bonds is 7. The van der Waals surface area contributed by atoms with Crippen molar-refractivity contribution in [3.05, 3.63) is 66.9 Å². The highest BCUT2D eigenvalue weighted by Crippen LogP contribution is 2.31. The molecule has 0 N–H and O–H groups in total. The van der Waals surface area contributed by atoms with Crippen LogP contribution in [0.2, 0.25) is 0 Å². The summed E-state index contributed by atoms with van der Waals surface area (Å²) in [6, 6.07) is 20.8. The molecule has 7 heteroatoms. The third kappa shape index (κ3) is 5.15. The lowest BCUT2D eigenvalue weighted by Gasteiger charge is -2.37. The fraction of sp³-hybridized carbons (Fsp3) is 0.407. The predicted molar refractivity (Wildman–Crippen MR) is 137 cm³/mol. The van der Waals surface area contributed by atoms with Gasteiger partial charge in [-0.3, -0.25) is 4.79 Å². The van der Waals surface area contributed by atoms with Gasteiger partial charge in [0.05, 0.1) is 29.8 Å². The molecule has 5 rings (SSSR count). The Morgan fingerprint density at radius 2 is 1.76 bits per heavy atom. The van der Waals surface area contributed by atoms with E-state index < -0.39 is 0 Å². The number of anilines is 1. The van der Waals surface area contributed by atoms with Crippen LogP contribution in [0.3, 0.4) is 0 Å². The van der Waals surface area contributed by atoms with E-state index in [-0.39, 0.29) is 17.3 Å². The lowest BCUT2D eigenvalue weighted by molar-refractivity contribution is -0.130. The van der Waals surface area contributed by atoms with Crippen LogP contribution in [0.5, 0.6) is 0 Å². The van der Waals surface area contributed by atoms with Crippen molar-refractivity contribution in [3.8, 4) is 11.3 Å². The Labute approximate surface area is 205 Å². The Bertz CT molecular complexity index is 1070. The summed E-state index contributed by atoms with van der Waals surface area (Å²) in [5.74, 6) is 0.186. The van der Waals surface area contributed by atoms with Crippen LogP contribution in [0.25, 0.3) is 11.3 Å². The average Bonchev–Trinajstić information content (AvgIpc) is 3.55. The lowest BCUT2D eigenvalue weighted by Crippen LogP contribution is -2.50. The highest BCUT2D eigenvalue weighted by Gasteiger charge is 2.28. The van der Waals surface area contributed by atoms with Crippen molar-refractivity contribution in [3.63, 3.8) is 0 Å². The zero-order valence-corrected chi connectivity index (χ0v) is 20.5. The molecule has 34 heavy (non-hydrogen) atoms. The minimum atomic E-state index is -0.197. The molecular weight excluding hydrogens is 444 g/mol. The van der Waals surface area contributed by atoms with Crippen LogP contribution in [0.15, 0.2) is 72.0 Å². The Kier molecular flexibility index (Phi) is 7.21. The molecule has 2 atom stereocenters. The topological polar surface area (TPSA) is 50.6 Å². The first-order chi connectivity index (χ1) is 16.7. The third-order valence-electron chi connectivity index (χ3n) is 6.64. The highest BCUT2D eigenvalue weighted by molar-refractivity contribution is 8.00. The van der Waals surface area contributed by atoms with Gasteiger partial charge in [-0.05, 0) is 37.5 Å². The summed E-state index contributed by atoms with van der Waals surface area (Å²) in [5, 5.41) is 0.690. The van der Waals surface area contributed by atoms with E-state index in [2.05, 4.69) is 45.9 Å². The largest absolute Gasteiger partial charge is 0.376 e. The molecule has 3 aromatic rings. The summed E-state index contributed by atoms with van der Waals surface area (Å²) < 4.78 is 8.17. The summed E-state index contributed by atoms with van der Waals surface area (Å²) in [6.07, 6.45) is 4.30. The number of imidazole rings is 1. The van der Waals surface area contributed by atoms with E-state index in [0.717, 1.165) is 68.6 Å². The molecule has 3 heterocycles. The molecule has 6 nitrogen and oxygen atoms in total. The van der Waals surface area contributed by atoms with E-state index in [4.69, 9.17) is 9.72 Å². The number of thioether (sulfide) groups is 1. The number of carbonyl (C=O) groups is 1. The Morgan fingerprint density at radius 3 is 2.44 bits per heavy atom. The van der Waals surface area contributed by atoms with E-state index in [9.17, 15) is 4.79 Å². The molecule has 0 bridgehead atoms. The Hall–Kier alpha value is -2.77. The van der Waals surface area contributed by atoms with Crippen molar-refractivity contribution in [2.45, 2.75) is 42.8 Å². The molecule has 2 aromatic carbocycles. The molecule has 2 fully saturated rings. The molecule has 0 aliphatic carbocycles. The minimum Gasteiger partial charge on any atom is -0.376 e. The van der Waals surface area contributed by atoms with Gasteiger partial charge in [-0.2, -0.15) is 0 Å². The lowest BCUT2D eigenvalue weighted by atomic mass is 10.1. The van der Waals surface area contributed by atoms with E-state index in [0.29, 0.717) is 0 Å². The average molecular weight is 477 g/mol. The van der Waals surface area contributed by atoms with E-state index in [1.54, 1.807) is 11.8 Å². The fourth-order valence-electron chi connectivity index (χ4n) is 4.75. The van der Waals surface area contributed by atoms with Crippen molar-refractivity contribution in [1.82, 2.24) is 14.5 Å². The van der Waals surface area contributed by atoms with Crippen LogP contribution in [-0.4, -0.2) is 64.5 Å². The summed E-state index contributed by atoms with van der Waals surface area (Å²) in [5.41, 5.74) is 3.44. The number of ether oxygens (including phenoxy) is 1. The molecule has 1 aromatic heterocycles. The molecule has 2 aliphatic rings. The monoisotopic (exact) mass is 476 g/mol. The minimum absolute atomic E-state index is 0.186. The third-order valence-corrected chi connectivity index (χ3v) is 7.73. The molecule has 0 spiro atoms. The highest BCUT2D eigenvalue weighted by atomic mass is 32.2. The molecule has 2 unspecified atom stereocenters. The van der Waals surface area contributed by atoms with Gasteiger partial charge in [0.15, 0.2) is 5.16 Å². The van der Waals surface area contributed by atoms with Gasteiger partial charge >= 0.3 is 0 Å². The molecule has 178 valence electrons. The van der Waals surface area contributed by atoms with Gasteiger partial charge in [0, 0.05) is 38.5 Å². The number of nitrogens with zero attached hydrogens (tertiary/aromatic N) is 4. The quantitative estimate of drug-likeness (QED) is 0.468. The van der Waals surface area contributed by atoms with Crippen LogP contribution < -0.4 is 4.90 Å². The summed E-state index contributed by atoms with van der Waals surface area (Å²) >= 11 is 1.56. The maximum atomic E-state index is 13.3. The van der Waals surface area contributed by atoms with Crippen LogP contribution in [0.4, 0.5) is 5.69 Å². The first-order valence-electron chi connectivity index (χ1n) is 12.2. The first-order valence-corrected chi connectivity index (χ1v) is 13.0. The zero-order valence-electron chi connectivity index (χ0n) is 19.7. The van der Waals surface area contributed by atoms with Crippen LogP contribution >= 0.6 is 11.8 Å². The van der Waals surface area contributed by atoms with Crippen LogP contribution in [-0.2, 0) is 16.1 Å². The number of amides is 1. The number of hydrogen-bond acceptors (Lipinski definition) is 5. The number of carbonyl (C=O) groups excluding carboxylic acids is 1. The number of hydrogen-bond donors (Lipinski definition) is 0. The molecule has 2 aliphatic heterocycles. The van der Waals surface area contributed by atoms with Gasteiger partial charge in [-0.1, -0.05) is 60.3 Å². The number of benzene rings is 2. The first kappa shape index (κ1) is 23.0. The van der Waals surface area contributed by atoms with Gasteiger partial charge < -0.3 is 19.1 Å². The van der Waals surface area contributed by atoms with Gasteiger partial charge in [-0.15, -0.1) is 0 Å². The number of aromatic nitrogens is 2. The van der Waals surface area contributed by atoms with Gasteiger partial charge in [0.25, 0.3) is 0 Å². The maximum Gasteiger partial charge on any atom is 0.236 e. The van der Waals surface area contributed by atoms with Crippen LogP contribution in [0, 0.1) is 0 Å². The molecular formula is C27H32N4O2S. The number of piperazine rings is 1. The van der Waals surface area contributed by atoms with Crippen LogP contribution in [0.1, 0.15) is 19.8 Å². The van der Waals surface area contributed by atoms with E-state index in [1.807, 2.05) is 42.3 Å². The second kappa shape index (κ2) is 10.7. The van der Waals surface area contributed by atoms with E-state index >= 15 is 0 Å². The van der Waals surface area contributed by atoms with Crippen molar-refractivity contribution < 1.29 is 9.53 Å². The fourth-order valence-corrected chi connectivity index (χ4v) is 5.73. The zero-order chi connectivity index (χ0) is 23.3. The second-order valence-corrected chi connectivity index (χ2v) is 10.3. The molecule has 0 saturated carbocycles. The van der Waals surface area contributed by atoms with Crippen molar-refractivity contribution in [1.29, 1.82) is 0 Å². The molecule has 0 radical (unpaired) electrons. The normalized spacial score (nSPS) is 19.4. The number of para-hydroxylation sites is 1. The molecule has 2 saturated heterocycles. The van der Waals surface area contributed by atoms with E-state index in [1.165, 1.54) is 5.69 Å². The smallest absolute Gasteiger partial charge is 0.236 e. The van der Waals surface area contributed by atoms with Crippen molar-refractivity contribution in [2.75, 3.05) is 37.7 Å². The van der Waals surface area contributed by atoms with Gasteiger partial charge in [-0.25, -0.2) is 4.98 Å². The summed E-state index contributed by atoms with van der Waals surface area (Å²) in [4.78, 5) is 22.4. The summed E-state index contributed by atoms with van der Waals surface area (Å²) in [6.45, 7) is 6.81. The maximum absolute atomic E-state index is 13.3. The van der Waals surface area contributed by atoms with Crippen molar-refractivity contribution >= 4 is 23.4 Å².